The molecule has 0 aliphatic heterocycles. The second-order valence-corrected chi connectivity index (χ2v) is 6.15. The molecule has 5 heteroatoms. The fourth-order valence-corrected chi connectivity index (χ4v) is 2.65. The quantitative estimate of drug-likeness (QED) is 0.690. The van der Waals surface area contributed by atoms with Gasteiger partial charge in [0.25, 0.3) is 5.91 Å². The second kappa shape index (κ2) is 9.08. The van der Waals surface area contributed by atoms with Gasteiger partial charge in [0.1, 0.15) is 0 Å². The van der Waals surface area contributed by atoms with Crippen LogP contribution in [0.25, 0.3) is 0 Å². The van der Waals surface area contributed by atoms with E-state index in [-0.39, 0.29) is 25.1 Å². The van der Waals surface area contributed by atoms with Crippen molar-refractivity contribution in [1.29, 1.82) is 0 Å². The molecule has 1 amide bonds. The van der Waals surface area contributed by atoms with Gasteiger partial charge in [0, 0.05) is 37.6 Å². The maximum atomic E-state index is 12.0. The van der Waals surface area contributed by atoms with Crippen molar-refractivity contribution in [3.63, 3.8) is 0 Å². The van der Waals surface area contributed by atoms with Gasteiger partial charge in [-0.25, -0.2) is 0 Å². The van der Waals surface area contributed by atoms with Crippen molar-refractivity contribution in [2.75, 3.05) is 37.5 Å². The standard InChI is InChI=1S/C20H27N3O2/c1-4-19(15-8-10-18(11-9-15)23(2)3)22-17-7-5-6-16(14-17)20(25)21-12-13-24/h5-11,14,19,22,24H,4,12-13H2,1-3H3,(H,21,25). The molecule has 0 bridgehead atoms. The van der Waals surface area contributed by atoms with Gasteiger partial charge in [-0.1, -0.05) is 25.1 Å². The van der Waals surface area contributed by atoms with Crippen molar-refractivity contribution in [2.45, 2.75) is 19.4 Å². The lowest BCUT2D eigenvalue weighted by molar-refractivity contribution is 0.0945. The summed E-state index contributed by atoms with van der Waals surface area (Å²) < 4.78 is 0. The van der Waals surface area contributed by atoms with E-state index in [4.69, 9.17) is 5.11 Å². The summed E-state index contributed by atoms with van der Waals surface area (Å²) in [6.07, 6.45) is 0.933. The van der Waals surface area contributed by atoms with E-state index in [0.29, 0.717) is 5.56 Å². The maximum Gasteiger partial charge on any atom is 0.251 e. The first-order valence-electron chi connectivity index (χ1n) is 8.58. The normalized spacial score (nSPS) is 11.7. The Kier molecular flexibility index (Phi) is 6.83. The van der Waals surface area contributed by atoms with Crippen LogP contribution in [0.2, 0.25) is 0 Å². The van der Waals surface area contributed by atoms with Crippen LogP contribution in [0.4, 0.5) is 11.4 Å². The lowest BCUT2D eigenvalue weighted by atomic mass is 10.0. The van der Waals surface area contributed by atoms with Crippen LogP contribution in [0.3, 0.4) is 0 Å². The summed E-state index contributed by atoms with van der Waals surface area (Å²) in [7, 11) is 4.05. The third-order valence-electron chi connectivity index (χ3n) is 4.08. The Balaban J connectivity index is 2.12. The summed E-state index contributed by atoms with van der Waals surface area (Å²) in [5, 5.41) is 15.0. The Labute approximate surface area is 149 Å². The number of carbonyl (C=O) groups excluding carboxylic acids is 1. The highest BCUT2D eigenvalue weighted by atomic mass is 16.3. The minimum absolute atomic E-state index is 0.0649. The number of carbonyl (C=O) groups is 1. The van der Waals surface area contributed by atoms with Gasteiger partial charge in [-0.3, -0.25) is 4.79 Å². The summed E-state index contributed by atoms with van der Waals surface area (Å²) in [6, 6.07) is 16.1. The van der Waals surface area contributed by atoms with Gasteiger partial charge >= 0.3 is 0 Å². The van der Waals surface area contributed by atoms with Crippen LogP contribution in [0.15, 0.2) is 48.5 Å². The number of aliphatic hydroxyl groups is 1. The molecule has 2 rings (SSSR count). The van der Waals surface area contributed by atoms with E-state index in [9.17, 15) is 4.79 Å². The summed E-state index contributed by atoms with van der Waals surface area (Å²) in [4.78, 5) is 14.1. The number of benzene rings is 2. The molecular weight excluding hydrogens is 314 g/mol. The number of hydrogen-bond acceptors (Lipinski definition) is 4. The summed E-state index contributed by atoms with van der Waals surface area (Å²) >= 11 is 0. The van der Waals surface area contributed by atoms with Crippen molar-refractivity contribution >= 4 is 17.3 Å². The van der Waals surface area contributed by atoms with E-state index < -0.39 is 0 Å². The minimum Gasteiger partial charge on any atom is -0.395 e. The van der Waals surface area contributed by atoms with E-state index in [1.807, 2.05) is 32.3 Å². The molecule has 1 unspecified atom stereocenters. The first kappa shape index (κ1) is 18.8. The SMILES string of the molecule is CCC(Nc1cccc(C(=O)NCCO)c1)c1ccc(N(C)C)cc1. The van der Waals surface area contributed by atoms with Gasteiger partial charge in [0.05, 0.1) is 12.6 Å². The molecule has 25 heavy (non-hydrogen) atoms. The van der Waals surface area contributed by atoms with Crippen molar-refractivity contribution in [3.05, 3.63) is 59.7 Å². The molecular formula is C20H27N3O2. The largest absolute Gasteiger partial charge is 0.395 e. The van der Waals surface area contributed by atoms with Crippen LogP contribution in [-0.4, -0.2) is 38.3 Å². The fraction of sp³-hybridized carbons (Fsp3) is 0.350. The number of aliphatic hydroxyl groups excluding tert-OH is 1. The van der Waals surface area contributed by atoms with E-state index >= 15 is 0 Å². The molecule has 0 saturated carbocycles. The molecule has 0 aliphatic rings. The van der Waals surface area contributed by atoms with Gasteiger partial charge in [-0.05, 0) is 42.3 Å². The number of nitrogens with one attached hydrogen (secondary N) is 2. The molecule has 5 nitrogen and oxygen atoms in total. The monoisotopic (exact) mass is 341 g/mol. The van der Waals surface area contributed by atoms with Crippen LogP contribution in [0, 0.1) is 0 Å². The minimum atomic E-state index is -0.180. The van der Waals surface area contributed by atoms with Crippen LogP contribution < -0.4 is 15.5 Å². The molecule has 2 aromatic carbocycles. The van der Waals surface area contributed by atoms with E-state index in [1.165, 1.54) is 11.3 Å². The average Bonchev–Trinajstić information content (AvgIpc) is 2.64. The van der Waals surface area contributed by atoms with E-state index in [0.717, 1.165) is 12.1 Å². The van der Waals surface area contributed by atoms with Crippen LogP contribution in [0.1, 0.15) is 35.3 Å². The Morgan fingerprint density at radius 1 is 1.16 bits per heavy atom. The van der Waals surface area contributed by atoms with Gasteiger partial charge in [0.15, 0.2) is 0 Å². The zero-order chi connectivity index (χ0) is 18.2. The Hall–Kier alpha value is -2.53. The van der Waals surface area contributed by atoms with E-state index in [2.05, 4.69) is 46.7 Å². The number of anilines is 2. The van der Waals surface area contributed by atoms with Gasteiger partial charge < -0.3 is 20.6 Å². The first-order chi connectivity index (χ1) is 12.0. The van der Waals surface area contributed by atoms with Crippen LogP contribution in [0.5, 0.6) is 0 Å². The molecule has 2 aromatic rings. The van der Waals surface area contributed by atoms with Crippen LogP contribution >= 0.6 is 0 Å². The highest BCUT2D eigenvalue weighted by molar-refractivity contribution is 5.95. The number of amides is 1. The lowest BCUT2D eigenvalue weighted by Crippen LogP contribution is -2.26. The van der Waals surface area contributed by atoms with Crippen molar-refractivity contribution in [1.82, 2.24) is 5.32 Å². The fourth-order valence-electron chi connectivity index (χ4n) is 2.65. The zero-order valence-electron chi connectivity index (χ0n) is 15.1. The molecule has 3 N–H and O–H groups in total. The van der Waals surface area contributed by atoms with Gasteiger partial charge in [-0.15, -0.1) is 0 Å². The molecule has 0 spiro atoms. The third-order valence-corrected chi connectivity index (χ3v) is 4.08. The topological polar surface area (TPSA) is 64.6 Å². The molecule has 134 valence electrons. The molecule has 0 aliphatic carbocycles. The molecule has 1 atom stereocenters. The van der Waals surface area contributed by atoms with Crippen LogP contribution in [-0.2, 0) is 0 Å². The first-order valence-corrected chi connectivity index (χ1v) is 8.58. The smallest absolute Gasteiger partial charge is 0.251 e. The predicted molar refractivity (Wildman–Crippen MR) is 103 cm³/mol. The molecule has 0 fully saturated rings. The summed E-state index contributed by atoms with van der Waals surface area (Å²) in [6.45, 7) is 2.33. The Bertz CT molecular complexity index is 684. The number of rotatable bonds is 8. The Morgan fingerprint density at radius 2 is 1.88 bits per heavy atom. The summed E-state index contributed by atoms with van der Waals surface area (Å²) in [5.41, 5.74) is 3.86. The average molecular weight is 341 g/mol. The predicted octanol–water partition coefficient (Wildman–Crippen LogP) is 3.04. The van der Waals surface area contributed by atoms with Gasteiger partial charge in [0.2, 0.25) is 0 Å². The summed E-state index contributed by atoms with van der Waals surface area (Å²) in [5.74, 6) is -0.180. The lowest BCUT2D eigenvalue weighted by Gasteiger charge is -2.20. The molecule has 0 radical (unpaired) electrons. The van der Waals surface area contributed by atoms with Crippen molar-refractivity contribution in [2.24, 2.45) is 0 Å². The highest BCUT2D eigenvalue weighted by Gasteiger charge is 2.11. The van der Waals surface area contributed by atoms with Crippen molar-refractivity contribution in [3.8, 4) is 0 Å². The van der Waals surface area contributed by atoms with Crippen molar-refractivity contribution < 1.29 is 9.90 Å². The molecule has 0 heterocycles. The zero-order valence-corrected chi connectivity index (χ0v) is 15.1. The maximum absolute atomic E-state index is 12.0. The molecule has 0 saturated heterocycles. The van der Waals surface area contributed by atoms with Gasteiger partial charge in [-0.2, -0.15) is 0 Å². The third kappa shape index (κ3) is 5.22. The number of nitrogens with zero attached hydrogens (tertiary/aromatic N) is 1. The number of hydrogen-bond donors (Lipinski definition) is 3. The highest BCUT2D eigenvalue weighted by Crippen LogP contribution is 2.25. The molecule has 0 aromatic heterocycles. The Morgan fingerprint density at radius 3 is 2.48 bits per heavy atom. The second-order valence-electron chi connectivity index (χ2n) is 6.15. The van der Waals surface area contributed by atoms with E-state index in [1.54, 1.807) is 6.07 Å².